The van der Waals surface area contributed by atoms with Crippen LogP contribution in [0.15, 0.2) is 42.5 Å². The fourth-order valence-corrected chi connectivity index (χ4v) is 6.00. The van der Waals surface area contributed by atoms with Gasteiger partial charge in [0.05, 0.1) is 13.2 Å². The van der Waals surface area contributed by atoms with Gasteiger partial charge in [-0.2, -0.15) is 0 Å². The van der Waals surface area contributed by atoms with Crippen molar-refractivity contribution < 1.29 is 23.1 Å². The SMILES string of the molecule is CCOP(=O)(OCC)C1c2cc3c(cc2CCN1c1ccccc1)OCO3. The first-order valence-electron chi connectivity index (χ1n) is 9.29. The average molecular weight is 389 g/mol. The first-order chi connectivity index (χ1) is 13.2. The molecule has 0 N–H and O–H groups in total. The number of hydrogen-bond acceptors (Lipinski definition) is 6. The molecule has 2 heterocycles. The number of hydrogen-bond donors (Lipinski definition) is 0. The van der Waals surface area contributed by atoms with Gasteiger partial charge in [0.2, 0.25) is 6.79 Å². The highest BCUT2D eigenvalue weighted by atomic mass is 31.2. The summed E-state index contributed by atoms with van der Waals surface area (Å²) in [6.07, 6.45) is 0.815. The van der Waals surface area contributed by atoms with Gasteiger partial charge in [0, 0.05) is 12.2 Å². The summed E-state index contributed by atoms with van der Waals surface area (Å²) < 4.78 is 36.5. The fourth-order valence-electron chi connectivity index (χ4n) is 3.76. The Morgan fingerprint density at radius 3 is 2.41 bits per heavy atom. The Morgan fingerprint density at radius 1 is 1.07 bits per heavy atom. The van der Waals surface area contributed by atoms with Crippen LogP contribution in [0.4, 0.5) is 5.69 Å². The van der Waals surface area contributed by atoms with Crippen molar-refractivity contribution in [1.82, 2.24) is 0 Å². The summed E-state index contributed by atoms with van der Waals surface area (Å²) in [5.41, 5.74) is 3.00. The monoisotopic (exact) mass is 389 g/mol. The van der Waals surface area contributed by atoms with E-state index < -0.39 is 13.4 Å². The highest BCUT2D eigenvalue weighted by Gasteiger charge is 2.45. The van der Waals surface area contributed by atoms with Crippen molar-refractivity contribution in [3.05, 3.63) is 53.6 Å². The molecule has 144 valence electrons. The van der Waals surface area contributed by atoms with Gasteiger partial charge < -0.3 is 23.4 Å². The minimum atomic E-state index is -3.44. The molecule has 0 bridgehead atoms. The summed E-state index contributed by atoms with van der Waals surface area (Å²) >= 11 is 0. The van der Waals surface area contributed by atoms with E-state index in [9.17, 15) is 4.57 Å². The van der Waals surface area contributed by atoms with Crippen molar-refractivity contribution in [3.8, 4) is 11.5 Å². The Bertz CT molecular complexity index is 847. The van der Waals surface area contributed by atoms with E-state index in [0.29, 0.717) is 25.5 Å². The van der Waals surface area contributed by atoms with E-state index in [2.05, 4.69) is 4.90 Å². The molecule has 1 atom stereocenters. The summed E-state index contributed by atoms with van der Waals surface area (Å²) in [6.45, 7) is 5.22. The predicted molar refractivity (Wildman–Crippen MR) is 104 cm³/mol. The quantitative estimate of drug-likeness (QED) is 0.665. The number of para-hydroxylation sites is 1. The molecule has 6 nitrogen and oxygen atoms in total. The lowest BCUT2D eigenvalue weighted by molar-refractivity contribution is 0.174. The lowest BCUT2D eigenvalue weighted by atomic mass is 9.98. The van der Waals surface area contributed by atoms with E-state index in [1.54, 1.807) is 0 Å². The molecule has 0 fully saturated rings. The highest BCUT2D eigenvalue weighted by molar-refractivity contribution is 7.54. The maximum atomic E-state index is 13.9. The van der Waals surface area contributed by atoms with Crippen LogP contribution in [0.1, 0.15) is 30.8 Å². The number of benzene rings is 2. The van der Waals surface area contributed by atoms with E-state index in [4.69, 9.17) is 18.5 Å². The molecule has 7 heteroatoms. The van der Waals surface area contributed by atoms with Crippen LogP contribution < -0.4 is 14.4 Å². The topological polar surface area (TPSA) is 57.2 Å². The number of anilines is 1. The van der Waals surface area contributed by atoms with Gasteiger partial charge in [0.15, 0.2) is 17.3 Å². The normalized spacial score (nSPS) is 18.4. The maximum absolute atomic E-state index is 13.9. The Kier molecular flexibility index (Phi) is 5.13. The third-order valence-corrected chi connectivity index (χ3v) is 7.23. The van der Waals surface area contributed by atoms with Gasteiger partial charge in [-0.05, 0) is 55.7 Å². The molecular formula is C20H24NO5P. The molecule has 27 heavy (non-hydrogen) atoms. The Balaban J connectivity index is 1.86. The summed E-state index contributed by atoms with van der Waals surface area (Å²) in [5, 5.41) is 0. The molecule has 0 saturated carbocycles. The Hall–Kier alpha value is -2.01. The summed E-state index contributed by atoms with van der Waals surface area (Å²) in [7, 11) is -3.44. The van der Waals surface area contributed by atoms with E-state index in [-0.39, 0.29) is 6.79 Å². The standard InChI is InChI=1S/C20H24NO5P/c1-3-25-27(22,26-4-2)20-17-13-19-18(23-14-24-19)12-15(17)10-11-21(20)16-8-6-5-7-9-16/h5-9,12-13,20H,3-4,10-11,14H2,1-2H3. The van der Waals surface area contributed by atoms with Crippen LogP contribution in [-0.2, 0) is 20.0 Å². The van der Waals surface area contributed by atoms with Crippen LogP contribution in [0.25, 0.3) is 0 Å². The highest BCUT2D eigenvalue weighted by Crippen LogP contribution is 2.65. The Labute approximate surface area is 159 Å². The van der Waals surface area contributed by atoms with Crippen molar-refractivity contribution >= 4 is 13.3 Å². The second kappa shape index (κ2) is 7.55. The van der Waals surface area contributed by atoms with Crippen molar-refractivity contribution in [2.45, 2.75) is 26.1 Å². The molecule has 1 unspecified atom stereocenters. The minimum Gasteiger partial charge on any atom is -0.454 e. The minimum absolute atomic E-state index is 0.208. The van der Waals surface area contributed by atoms with Crippen LogP contribution in [0.2, 0.25) is 0 Å². The van der Waals surface area contributed by atoms with Crippen LogP contribution >= 0.6 is 7.60 Å². The van der Waals surface area contributed by atoms with Crippen molar-refractivity contribution in [3.63, 3.8) is 0 Å². The average Bonchev–Trinajstić information content (AvgIpc) is 3.13. The van der Waals surface area contributed by atoms with E-state index in [1.165, 1.54) is 0 Å². The molecule has 0 amide bonds. The molecule has 0 aliphatic carbocycles. The Morgan fingerprint density at radius 2 is 1.74 bits per heavy atom. The number of rotatable bonds is 6. The molecule has 0 saturated heterocycles. The molecule has 4 rings (SSSR count). The van der Waals surface area contributed by atoms with Crippen LogP contribution in [0.5, 0.6) is 11.5 Å². The summed E-state index contributed by atoms with van der Waals surface area (Å²) in [4.78, 5) is 2.12. The van der Waals surface area contributed by atoms with Gasteiger partial charge in [-0.3, -0.25) is 4.57 Å². The van der Waals surface area contributed by atoms with Gasteiger partial charge in [0.1, 0.15) is 0 Å². The molecule has 2 aliphatic rings. The van der Waals surface area contributed by atoms with Gasteiger partial charge in [0.25, 0.3) is 0 Å². The van der Waals surface area contributed by atoms with Crippen LogP contribution in [0.3, 0.4) is 0 Å². The van der Waals surface area contributed by atoms with Gasteiger partial charge >= 0.3 is 7.60 Å². The molecular weight excluding hydrogens is 365 g/mol. The molecule has 0 radical (unpaired) electrons. The predicted octanol–water partition coefficient (Wildman–Crippen LogP) is 4.74. The first-order valence-corrected chi connectivity index (χ1v) is 10.9. The van der Waals surface area contributed by atoms with E-state index in [0.717, 1.165) is 29.0 Å². The molecule has 2 aliphatic heterocycles. The zero-order chi connectivity index (χ0) is 18.9. The summed E-state index contributed by atoms with van der Waals surface area (Å²) in [5.74, 6) is 0.884. The molecule has 2 aromatic rings. The fraction of sp³-hybridized carbons (Fsp3) is 0.400. The van der Waals surface area contributed by atoms with Crippen LogP contribution in [0, 0.1) is 0 Å². The third kappa shape index (κ3) is 3.33. The van der Waals surface area contributed by atoms with Crippen molar-refractivity contribution in [1.29, 1.82) is 0 Å². The largest absolute Gasteiger partial charge is 0.454 e. The smallest absolute Gasteiger partial charge is 0.357 e. The first kappa shape index (κ1) is 18.4. The molecule has 0 aromatic heterocycles. The molecule has 2 aromatic carbocycles. The number of fused-ring (bicyclic) bond motifs is 2. The maximum Gasteiger partial charge on any atom is 0.357 e. The van der Waals surface area contributed by atoms with E-state index >= 15 is 0 Å². The van der Waals surface area contributed by atoms with Gasteiger partial charge in [-0.1, -0.05) is 18.2 Å². The zero-order valence-electron chi connectivity index (χ0n) is 15.6. The molecule has 0 spiro atoms. The van der Waals surface area contributed by atoms with Crippen LogP contribution in [-0.4, -0.2) is 26.6 Å². The third-order valence-electron chi connectivity index (χ3n) is 4.84. The zero-order valence-corrected chi connectivity index (χ0v) is 16.5. The second-order valence-electron chi connectivity index (χ2n) is 6.43. The van der Waals surface area contributed by atoms with Crippen molar-refractivity contribution in [2.75, 3.05) is 31.5 Å². The van der Waals surface area contributed by atoms with Gasteiger partial charge in [-0.25, -0.2) is 0 Å². The lowest BCUT2D eigenvalue weighted by Crippen LogP contribution is -2.36. The van der Waals surface area contributed by atoms with E-state index in [1.807, 2.05) is 56.3 Å². The summed E-state index contributed by atoms with van der Waals surface area (Å²) in [6, 6.07) is 13.9. The van der Waals surface area contributed by atoms with Gasteiger partial charge in [-0.15, -0.1) is 0 Å². The second-order valence-corrected chi connectivity index (χ2v) is 8.52. The lowest BCUT2D eigenvalue weighted by Gasteiger charge is -2.41. The number of ether oxygens (including phenoxy) is 2. The number of nitrogens with zero attached hydrogens (tertiary/aromatic N) is 1. The van der Waals surface area contributed by atoms with Crippen molar-refractivity contribution in [2.24, 2.45) is 0 Å².